The summed E-state index contributed by atoms with van der Waals surface area (Å²) in [5.74, 6) is 0. The lowest BCUT2D eigenvalue weighted by atomic mass is 9.96. The maximum absolute atomic E-state index is 6.34. The quantitative estimate of drug-likeness (QED) is 0.166. The Bertz CT molecular complexity index is 2920. The Morgan fingerprint density at radius 3 is 1.63 bits per heavy atom. The van der Waals surface area contributed by atoms with Crippen LogP contribution in [0.3, 0.4) is 0 Å². The van der Waals surface area contributed by atoms with Crippen molar-refractivity contribution in [2.45, 2.75) is 0 Å². The third-order valence-electron chi connectivity index (χ3n) is 10.5. The molecule has 1 aromatic heterocycles. The minimum Gasteiger partial charge on any atom is -0.456 e. The van der Waals surface area contributed by atoms with Crippen molar-refractivity contribution < 1.29 is 4.42 Å². The van der Waals surface area contributed by atoms with E-state index in [2.05, 4.69) is 205 Å². The average Bonchev–Trinajstić information content (AvgIpc) is 3.64. The molecule has 0 fully saturated rings. The Kier molecular flexibility index (Phi) is 7.85. The first kappa shape index (κ1) is 31.6. The molecule has 2 nitrogen and oxygen atoms in total. The van der Waals surface area contributed by atoms with Gasteiger partial charge in [0.1, 0.15) is 11.2 Å². The van der Waals surface area contributed by atoms with Crippen molar-refractivity contribution in [1.82, 2.24) is 0 Å². The van der Waals surface area contributed by atoms with Crippen LogP contribution in [0.25, 0.3) is 77.2 Å². The summed E-state index contributed by atoms with van der Waals surface area (Å²) < 4.78 is 6.34. The average molecular weight is 690 g/mol. The van der Waals surface area contributed by atoms with E-state index in [-0.39, 0.29) is 0 Å². The molecule has 10 aromatic rings. The summed E-state index contributed by atoms with van der Waals surface area (Å²) in [5, 5.41) is 4.75. The highest BCUT2D eigenvalue weighted by Gasteiger charge is 2.20. The summed E-state index contributed by atoms with van der Waals surface area (Å²) in [4.78, 5) is 2.38. The molecule has 0 saturated heterocycles. The van der Waals surface area contributed by atoms with Crippen LogP contribution in [0.5, 0.6) is 0 Å². The predicted octanol–water partition coefficient (Wildman–Crippen LogP) is 14.9. The van der Waals surface area contributed by atoms with Crippen molar-refractivity contribution in [3.05, 3.63) is 212 Å². The van der Waals surface area contributed by atoms with E-state index in [9.17, 15) is 0 Å². The van der Waals surface area contributed by atoms with Gasteiger partial charge in [0.25, 0.3) is 0 Å². The zero-order valence-corrected chi connectivity index (χ0v) is 29.6. The van der Waals surface area contributed by atoms with E-state index in [0.29, 0.717) is 0 Å². The molecule has 0 aliphatic rings. The van der Waals surface area contributed by atoms with Gasteiger partial charge in [0.15, 0.2) is 0 Å². The van der Waals surface area contributed by atoms with Crippen molar-refractivity contribution in [3.8, 4) is 44.5 Å². The molecule has 0 N–H and O–H groups in total. The molecule has 0 amide bonds. The van der Waals surface area contributed by atoms with Crippen LogP contribution in [0.2, 0.25) is 0 Å². The molecule has 0 bridgehead atoms. The van der Waals surface area contributed by atoms with Crippen LogP contribution >= 0.6 is 0 Å². The normalized spacial score (nSPS) is 11.3. The molecule has 54 heavy (non-hydrogen) atoms. The molecule has 0 saturated carbocycles. The summed E-state index contributed by atoms with van der Waals surface area (Å²) in [6.45, 7) is 0. The second-order valence-corrected chi connectivity index (χ2v) is 13.7. The third-order valence-corrected chi connectivity index (χ3v) is 10.5. The molecule has 1 heterocycles. The highest BCUT2D eigenvalue weighted by molar-refractivity contribution is 6.13. The lowest BCUT2D eigenvalue weighted by molar-refractivity contribution is 0.669. The van der Waals surface area contributed by atoms with Crippen LogP contribution in [-0.4, -0.2) is 0 Å². The molecule has 9 aromatic carbocycles. The second kappa shape index (κ2) is 13.4. The molecule has 0 radical (unpaired) electrons. The van der Waals surface area contributed by atoms with E-state index in [1.807, 2.05) is 12.1 Å². The standard InChI is InChI=1S/C52H35NO/c1-2-12-36(13-3-1)38-26-30-44(31-27-38)53(49-21-8-6-18-46(49)47-20-11-23-51-52(47)48-19-7-9-22-50(48)54-51)45-32-28-39(29-33-45)41-16-10-17-42(34-41)43-25-24-37-14-4-5-15-40(37)35-43/h1-35H. The Labute approximate surface area is 314 Å². The van der Waals surface area contributed by atoms with Gasteiger partial charge in [-0.05, 0) is 104 Å². The summed E-state index contributed by atoms with van der Waals surface area (Å²) in [5.41, 5.74) is 14.5. The van der Waals surface area contributed by atoms with Gasteiger partial charge in [-0.2, -0.15) is 0 Å². The molecule has 0 aliphatic carbocycles. The first-order chi connectivity index (χ1) is 26.8. The van der Waals surface area contributed by atoms with E-state index in [1.165, 1.54) is 44.2 Å². The van der Waals surface area contributed by atoms with Gasteiger partial charge < -0.3 is 9.32 Å². The predicted molar refractivity (Wildman–Crippen MR) is 228 cm³/mol. The van der Waals surface area contributed by atoms with Crippen molar-refractivity contribution in [3.63, 3.8) is 0 Å². The Morgan fingerprint density at radius 1 is 0.315 bits per heavy atom. The van der Waals surface area contributed by atoms with Crippen LogP contribution in [0.1, 0.15) is 0 Å². The number of rotatable bonds is 7. The van der Waals surface area contributed by atoms with Gasteiger partial charge in [-0.15, -0.1) is 0 Å². The van der Waals surface area contributed by atoms with Gasteiger partial charge in [0.2, 0.25) is 0 Å². The number of hydrogen-bond acceptors (Lipinski definition) is 2. The highest BCUT2D eigenvalue weighted by atomic mass is 16.3. The molecule has 0 unspecified atom stereocenters. The van der Waals surface area contributed by atoms with Gasteiger partial charge in [0, 0.05) is 27.7 Å². The number of benzene rings is 9. The maximum Gasteiger partial charge on any atom is 0.136 e. The van der Waals surface area contributed by atoms with Crippen LogP contribution in [0.4, 0.5) is 17.1 Å². The van der Waals surface area contributed by atoms with E-state index < -0.39 is 0 Å². The number of anilines is 3. The smallest absolute Gasteiger partial charge is 0.136 e. The maximum atomic E-state index is 6.34. The Balaban J connectivity index is 1.09. The number of nitrogens with zero attached hydrogens (tertiary/aromatic N) is 1. The van der Waals surface area contributed by atoms with E-state index in [1.54, 1.807) is 0 Å². The summed E-state index contributed by atoms with van der Waals surface area (Å²) >= 11 is 0. The molecule has 254 valence electrons. The van der Waals surface area contributed by atoms with Gasteiger partial charge in [-0.25, -0.2) is 0 Å². The SMILES string of the molecule is c1ccc(-c2ccc(N(c3ccc(-c4cccc(-c5ccc6ccccc6c5)c4)cc3)c3ccccc3-c3cccc4oc5ccccc5c34)cc2)cc1. The lowest BCUT2D eigenvalue weighted by Gasteiger charge is -2.28. The van der Waals surface area contributed by atoms with Crippen LogP contribution in [-0.2, 0) is 0 Å². The molecule has 2 heteroatoms. The number of para-hydroxylation sites is 2. The fourth-order valence-electron chi connectivity index (χ4n) is 7.81. The molecule has 0 aliphatic heterocycles. The van der Waals surface area contributed by atoms with Gasteiger partial charge >= 0.3 is 0 Å². The van der Waals surface area contributed by atoms with E-state index >= 15 is 0 Å². The Hall–Kier alpha value is -7.16. The Morgan fingerprint density at radius 2 is 0.833 bits per heavy atom. The van der Waals surface area contributed by atoms with Crippen molar-refractivity contribution in [2.24, 2.45) is 0 Å². The topological polar surface area (TPSA) is 16.4 Å². The molecule has 0 atom stereocenters. The zero-order chi connectivity index (χ0) is 35.8. The van der Waals surface area contributed by atoms with E-state index in [4.69, 9.17) is 4.42 Å². The third kappa shape index (κ3) is 5.71. The fraction of sp³-hybridized carbons (Fsp3) is 0. The second-order valence-electron chi connectivity index (χ2n) is 13.7. The first-order valence-electron chi connectivity index (χ1n) is 18.4. The lowest BCUT2D eigenvalue weighted by Crippen LogP contribution is -2.11. The zero-order valence-electron chi connectivity index (χ0n) is 29.6. The molecule has 10 rings (SSSR count). The summed E-state index contributed by atoms with van der Waals surface area (Å²) in [6, 6.07) is 75.9. The van der Waals surface area contributed by atoms with Crippen LogP contribution < -0.4 is 4.90 Å². The van der Waals surface area contributed by atoms with Crippen molar-refractivity contribution in [1.29, 1.82) is 0 Å². The minimum atomic E-state index is 0.887. The molecule has 0 spiro atoms. The van der Waals surface area contributed by atoms with Crippen molar-refractivity contribution >= 4 is 49.8 Å². The van der Waals surface area contributed by atoms with Crippen molar-refractivity contribution in [2.75, 3.05) is 4.90 Å². The first-order valence-corrected chi connectivity index (χ1v) is 18.4. The molecular formula is C52H35NO. The van der Waals surface area contributed by atoms with Gasteiger partial charge in [0.05, 0.1) is 5.69 Å². The summed E-state index contributed by atoms with van der Waals surface area (Å²) in [7, 11) is 0. The number of hydrogen-bond donors (Lipinski definition) is 0. The van der Waals surface area contributed by atoms with Gasteiger partial charge in [-0.3, -0.25) is 0 Å². The monoisotopic (exact) mass is 689 g/mol. The summed E-state index contributed by atoms with van der Waals surface area (Å²) in [6.07, 6.45) is 0. The van der Waals surface area contributed by atoms with Crippen LogP contribution in [0.15, 0.2) is 217 Å². The number of furan rings is 1. The fourth-order valence-corrected chi connectivity index (χ4v) is 7.81. The highest BCUT2D eigenvalue weighted by Crippen LogP contribution is 2.45. The van der Waals surface area contributed by atoms with E-state index in [0.717, 1.165) is 50.1 Å². The largest absolute Gasteiger partial charge is 0.456 e. The van der Waals surface area contributed by atoms with Gasteiger partial charge in [-0.1, -0.05) is 158 Å². The minimum absolute atomic E-state index is 0.887. The molecular weight excluding hydrogens is 655 g/mol. The number of fused-ring (bicyclic) bond motifs is 4. The van der Waals surface area contributed by atoms with Crippen LogP contribution in [0, 0.1) is 0 Å².